The van der Waals surface area contributed by atoms with E-state index in [0.717, 1.165) is 11.1 Å². The molecule has 0 unspecified atom stereocenters. The summed E-state index contributed by atoms with van der Waals surface area (Å²) in [6.07, 6.45) is 1.67. The van der Waals surface area contributed by atoms with Gasteiger partial charge in [-0.15, -0.1) is 0 Å². The third-order valence-electron chi connectivity index (χ3n) is 3.86. The van der Waals surface area contributed by atoms with Crippen molar-refractivity contribution in [1.82, 2.24) is 4.57 Å². The smallest absolute Gasteiger partial charge is 0.335 e. The summed E-state index contributed by atoms with van der Waals surface area (Å²) in [6, 6.07) is 17.9. The van der Waals surface area contributed by atoms with Crippen molar-refractivity contribution in [2.24, 2.45) is 0 Å². The van der Waals surface area contributed by atoms with Crippen LogP contribution in [0.1, 0.15) is 21.5 Å². The summed E-state index contributed by atoms with van der Waals surface area (Å²) in [5.41, 5.74) is 1.86. The molecule has 0 saturated heterocycles. The van der Waals surface area contributed by atoms with Crippen LogP contribution in [0.15, 0.2) is 76.1 Å². The maximum Gasteiger partial charge on any atom is 0.335 e. The molecular weight excluding hydrogens is 398 g/mol. The van der Waals surface area contributed by atoms with Crippen LogP contribution in [-0.4, -0.2) is 15.6 Å². The zero-order chi connectivity index (χ0) is 18.5. The Bertz CT molecular complexity index is 965. The van der Waals surface area contributed by atoms with E-state index in [9.17, 15) is 9.59 Å². The Balaban J connectivity index is 1.74. The maximum absolute atomic E-state index is 12.5. The van der Waals surface area contributed by atoms with Crippen LogP contribution >= 0.6 is 15.9 Å². The highest BCUT2D eigenvalue weighted by molar-refractivity contribution is 9.10. The van der Waals surface area contributed by atoms with E-state index in [4.69, 9.17) is 9.84 Å². The molecular formula is C20H16BrNO4. The Morgan fingerprint density at radius 2 is 1.69 bits per heavy atom. The van der Waals surface area contributed by atoms with Gasteiger partial charge in [-0.3, -0.25) is 4.79 Å². The van der Waals surface area contributed by atoms with E-state index in [-0.39, 0.29) is 11.1 Å². The number of carboxylic acids is 1. The van der Waals surface area contributed by atoms with Gasteiger partial charge in [0.2, 0.25) is 0 Å². The Morgan fingerprint density at radius 3 is 2.35 bits per heavy atom. The van der Waals surface area contributed by atoms with Crippen LogP contribution < -0.4 is 10.3 Å². The number of halogens is 1. The van der Waals surface area contributed by atoms with E-state index in [1.54, 1.807) is 24.4 Å². The van der Waals surface area contributed by atoms with Gasteiger partial charge in [0.15, 0.2) is 0 Å². The van der Waals surface area contributed by atoms with Gasteiger partial charge in [-0.2, -0.15) is 0 Å². The number of hydrogen-bond donors (Lipinski definition) is 1. The van der Waals surface area contributed by atoms with Crippen molar-refractivity contribution in [3.05, 3.63) is 98.4 Å². The Kier molecular flexibility index (Phi) is 5.53. The molecule has 0 aliphatic carbocycles. The molecule has 26 heavy (non-hydrogen) atoms. The molecule has 0 saturated carbocycles. The number of rotatable bonds is 6. The first-order chi connectivity index (χ1) is 12.5. The molecule has 0 aliphatic rings. The number of aromatic carboxylic acids is 1. The normalized spacial score (nSPS) is 10.5. The molecule has 0 bridgehead atoms. The van der Waals surface area contributed by atoms with Crippen molar-refractivity contribution in [2.75, 3.05) is 0 Å². The molecule has 3 rings (SSSR count). The van der Waals surface area contributed by atoms with Gasteiger partial charge in [0.05, 0.1) is 12.1 Å². The molecule has 1 aromatic heterocycles. The molecule has 0 spiro atoms. The third kappa shape index (κ3) is 4.21. The van der Waals surface area contributed by atoms with Crippen LogP contribution in [0, 0.1) is 0 Å². The molecule has 0 fully saturated rings. The lowest BCUT2D eigenvalue weighted by atomic mass is 10.1. The lowest BCUT2D eigenvalue weighted by molar-refractivity contribution is 0.0697. The van der Waals surface area contributed by atoms with Crippen molar-refractivity contribution in [1.29, 1.82) is 0 Å². The lowest BCUT2D eigenvalue weighted by Crippen LogP contribution is -2.21. The summed E-state index contributed by atoms with van der Waals surface area (Å²) in [5.74, 6) is -0.493. The average Bonchev–Trinajstić information content (AvgIpc) is 2.66. The Labute approximate surface area is 158 Å². The van der Waals surface area contributed by atoms with Crippen LogP contribution in [0.4, 0.5) is 0 Å². The standard InChI is InChI=1S/C20H16BrNO4/c21-18-17(26-13-15-4-2-1-3-5-15)10-11-22(19(18)23)12-14-6-8-16(9-7-14)20(24)25/h1-11H,12-13H2,(H,24,25). The number of benzene rings is 2. The van der Waals surface area contributed by atoms with Gasteiger partial charge < -0.3 is 14.4 Å². The second kappa shape index (κ2) is 8.01. The minimum Gasteiger partial charge on any atom is -0.487 e. The second-order valence-electron chi connectivity index (χ2n) is 5.70. The number of pyridine rings is 1. The topological polar surface area (TPSA) is 68.5 Å². The quantitative estimate of drug-likeness (QED) is 0.664. The number of aromatic nitrogens is 1. The number of ether oxygens (including phenoxy) is 1. The highest BCUT2D eigenvalue weighted by Gasteiger charge is 2.10. The van der Waals surface area contributed by atoms with E-state index in [2.05, 4.69) is 15.9 Å². The van der Waals surface area contributed by atoms with Crippen LogP contribution in [-0.2, 0) is 13.2 Å². The molecule has 0 amide bonds. The SMILES string of the molecule is O=C(O)c1ccc(Cn2ccc(OCc3ccccc3)c(Br)c2=O)cc1. The average molecular weight is 414 g/mol. The first-order valence-corrected chi connectivity index (χ1v) is 8.72. The first-order valence-electron chi connectivity index (χ1n) is 7.92. The van der Waals surface area contributed by atoms with Crippen molar-refractivity contribution in [2.45, 2.75) is 13.2 Å². The number of hydrogen-bond acceptors (Lipinski definition) is 3. The Hall–Kier alpha value is -2.86. The van der Waals surface area contributed by atoms with Crippen LogP contribution in [0.5, 0.6) is 5.75 Å². The number of nitrogens with zero attached hydrogens (tertiary/aromatic N) is 1. The van der Waals surface area contributed by atoms with E-state index in [1.165, 1.54) is 16.7 Å². The monoisotopic (exact) mass is 413 g/mol. The first kappa shape index (κ1) is 17.9. The fourth-order valence-electron chi connectivity index (χ4n) is 2.45. The fraction of sp³-hybridized carbons (Fsp3) is 0.100. The van der Waals surface area contributed by atoms with E-state index in [1.807, 2.05) is 30.3 Å². The molecule has 0 radical (unpaired) electrons. The molecule has 0 atom stereocenters. The zero-order valence-electron chi connectivity index (χ0n) is 13.8. The zero-order valence-corrected chi connectivity index (χ0v) is 15.3. The highest BCUT2D eigenvalue weighted by Crippen LogP contribution is 2.21. The molecule has 6 heteroatoms. The molecule has 0 aliphatic heterocycles. The number of carboxylic acid groups (broad SMARTS) is 1. The van der Waals surface area contributed by atoms with Gasteiger partial charge in [0.1, 0.15) is 16.8 Å². The van der Waals surface area contributed by atoms with Gasteiger partial charge >= 0.3 is 5.97 Å². The van der Waals surface area contributed by atoms with Crippen LogP contribution in [0.25, 0.3) is 0 Å². The molecule has 132 valence electrons. The molecule has 3 aromatic rings. The predicted octanol–water partition coefficient (Wildman–Crippen LogP) is 3.94. The molecule has 2 aromatic carbocycles. The summed E-state index contributed by atoms with van der Waals surface area (Å²) in [5, 5.41) is 8.93. The van der Waals surface area contributed by atoms with Crippen molar-refractivity contribution >= 4 is 21.9 Å². The summed E-state index contributed by atoms with van der Waals surface area (Å²) < 4.78 is 7.62. The summed E-state index contributed by atoms with van der Waals surface area (Å²) >= 11 is 3.31. The summed E-state index contributed by atoms with van der Waals surface area (Å²) in [4.78, 5) is 23.4. The summed E-state index contributed by atoms with van der Waals surface area (Å²) in [6.45, 7) is 0.718. The minimum absolute atomic E-state index is 0.210. The van der Waals surface area contributed by atoms with Crippen molar-refractivity contribution in [3.8, 4) is 5.75 Å². The Morgan fingerprint density at radius 1 is 1.00 bits per heavy atom. The van der Waals surface area contributed by atoms with Crippen molar-refractivity contribution in [3.63, 3.8) is 0 Å². The molecule has 1 heterocycles. The van der Waals surface area contributed by atoms with Gasteiger partial charge in [-0.1, -0.05) is 42.5 Å². The summed E-state index contributed by atoms with van der Waals surface area (Å²) in [7, 11) is 0. The number of carbonyl (C=O) groups is 1. The van der Waals surface area contributed by atoms with E-state index >= 15 is 0 Å². The fourth-order valence-corrected chi connectivity index (χ4v) is 2.93. The highest BCUT2D eigenvalue weighted by atomic mass is 79.9. The third-order valence-corrected chi connectivity index (χ3v) is 4.59. The van der Waals surface area contributed by atoms with Gasteiger partial charge in [-0.05, 0) is 45.3 Å². The maximum atomic E-state index is 12.5. The van der Waals surface area contributed by atoms with E-state index < -0.39 is 5.97 Å². The predicted molar refractivity (Wildman–Crippen MR) is 102 cm³/mol. The van der Waals surface area contributed by atoms with Crippen molar-refractivity contribution < 1.29 is 14.6 Å². The molecule has 5 nitrogen and oxygen atoms in total. The largest absolute Gasteiger partial charge is 0.487 e. The van der Waals surface area contributed by atoms with Crippen LogP contribution in [0.2, 0.25) is 0 Å². The minimum atomic E-state index is -0.976. The molecule has 1 N–H and O–H groups in total. The lowest BCUT2D eigenvalue weighted by Gasteiger charge is -2.11. The van der Waals surface area contributed by atoms with E-state index in [0.29, 0.717) is 23.4 Å². The van der Waals surface area contributed by atoms with Crippen LogP contribution in [0.3, 0.4) is 0 Å². The van der Waals surface area contributed by atoms with Gasteiger partial charge in [0, 0.05) is 6.20 Å². The van der Waals surface area contributed by atoms with Gasteiger partial charge in [0.25, 0.3) is 5.56 Å². The van der Waals surface area contributed by atoms with Gasteiger partial charge in [-0.25, -0.2) is 4.79 Å². The second-order valence-corrected chi connectivity index (χ2v) is 6.50.